The van der Waals surface area contributed by atoms with Crippen molar-refractivity contribution in [1.29, 1.82) is 0 Å². The summed E-state index contributed by atoms with van der Waals surface area (Å²) in [5, 5.41) is 9.97. The molecule has 0 aliphatic rings. The van der Waals surface area contributed by atoms with Crippen molar-refractivity contribution in [2.75, 3.05) is 14.2 Å². The smallest absolute Gasteiger partial charge is 0.353 e. The number of aromatic nitrogens is 1. The van der Waals surface area contributed by atoms with Crippen molar-refractivity contribution in [2.45, 2.75) is 19.9 Å². The van der Waals surface area contributed by atoms with E-state index in [1.54, 1.807) is 16.7 Å². The van der Waals surface area contributed by atoms with Crippen LogP contribution in [0.15, 0.2) is 12.1 Å². The third-order valence-corrected chi connectivity index (χ3v) is 3.38. The van der Waals surface area contributed by atoms with Crippen LogP contribution in [0, 0.1) is 0 Å². The van der Waals surface area contributed by atoms with Crippen LogP contribution >= 0.6 is 0 Å². The Morgan fingerprint density at radius 2 is 1.81 bits per heavy atom. The van der Waals surface area contributed by atoms with Crippen LogP contribution in [0.3, 0.4) is 0 Å². The first kappa shape index (κ1) is 14.9. The molecule has 0 spiro atoms. The van der Waals surface area contributed by atoms with Crippen molar-refractivity contribution in [2.24, 2.45) is 0 Å². The van der Waals surface area contributed by atoms with Crippen molar-refractivity contribution in [3.63, 3.8) is 0 Å². The summed E-state index contributed by atoms with van der Waals surface area (Å²) in [6.07, 6.45) is 0.566. The molecular weight excluding hydrogens is 274 g/mol. The van der Waals surface area contributed by atoms with Crippen molar-refractivity contribution >= 4 is 23.2 Å². The zero-order valence-electron chi connectivity index (χ0n) is 12.3. The lowest BCUT2D eigenvalue weighted by molar-refractivity contribution is 0.0681. The van der Waals surface area contributed by atoms with E-state index < -0.39 is 5.97 Å². The molecule has 0 radical (unpaired) electrons. The third kappa shape index (κ3) is 2.22. The van der Waals surface area contributed by atoms with Gasteiger partial charge in [-0.3, -0.25) is 4.79 Å². The second kappa shape index (κ2) is 5.47. The van der Waals surface area contributed by atoms with E-state index >= 15 is 0 Å². The Hall–Kier alpha value is -2.50. The maximum absolute atomic E-state index is 11.5. The number of ether oxygens (including phenoxy) is 2. The second-order valence-corrected chi connectivity index (χ2v) is 4.87. The molecule has 1 heterocycles. The van der Waals surface area contributed by atoms with Crippen LogP contribution in [0.1, 0.15) is 40.7 Å². The van der Waals surface area contributed by atoms with Gasteiger partial charge in [-0.2, -0.15) is 0 Å². The van der Waals surface area contributed by atoms with Crippen LogP contribution in [0.5, 0.6) is 11.5 Å². The molecule has 0 bridgehead atoms. The highest BCUT2D eigenvalue weighted by Gasteiger charge is 2.25. The fraction of sp³-hybridized carbons (Fsp3) is 0.333. The maximum Gasteiger partial charge on any atom is 0.353 e. The van der Waals surface area contributed by atoms with Gasteiger partial charge >= 0.3 is 5.97 Å². The van der Waals surface area contributed by atoms with Crippen LogP contribution in [0.4, 0.5) is 0 Å². The molecule has 0 amide bonds. The number of carbonyl (C=O) groups is 2. The number of fused-ring (bicyclic) bond motifs is 1. The van der Waals surface area contributed by atoms with Gasteiger partial charge < -0.3 is 19.1 Å². The number of carboxylic acid groups (broad SMARTS) is 1. The van der Waals surface area contributed by atoms with Crippen molar-refractivity contribution < 1.29 is 24.2 Å². The molecule has 6 heteroatoms. The zero-order chi connectivity index (χ0) is 15.7. The van der Waals surface area contributed by atoms with Gasteiger partial charge in [-0.15, -0.1) is 0 Å². The molecule has 0 unspecified atom stereocenters. The molecule has 1 N–H and O–H groups in total. The van der Waals surface area contributed by atoms with Gasteiger partial charge in [-0.05, 0) is 19.9 Å². The first-order valence-electron chi connectivity index (χ1n) is 6.44. The number of nitrogens with zero attached hydrogens (tertiary/aromatic N) is 1. The minimum atomic E-state index is -1.14. The van der Waals surface area contributed by atoms with E-state index in [0.29, 0.717) is 28.7 Å². The first-order chi connectivity index (χ1) is 9.96. The molecule has 2 rings (SSSR count). The van der Waals surface area contributed by atoms with Gasteiger partial charge in [0.2, 0.25) is 0 Å². The lowest BCUT2D eigenvalue weighted by atomic mass is 10.1. The number of hydrogen-bond donors (Lipinski definition) is 1. The van der Waals surface area contributed by atoms with Gasteiger partial charge in [0, 0.05) is 17.5 Å². The number of aromatic carboxylic acids is 1. The monoisotopic (exact) mass is 291 g/mol. The highest BCUT2D eigenvalue weighted by Crippen LogP contribution is 2.37. The number of benzene rings is 1. The second-order valence-electron chi connectivity index (χ2n) is 4.87. The van der Waals surface area contributed by atoms with Crippen LogP contribution in [0.2, 0.25) is 0 Å². The summed E-state index contributed by atoms with van der Waals surface area (Å²) in [7, 11) is 2.99. The summed E-state index contributed by atoms with van der Waals surface area (Å²) in [5.41, 5.74) is 0.750. The van der Waals surface area contributed by atoms with Gasteiger partial charge in [-0.1, -0.05) is 0 Å². The topological polar surface area (TPSA) is 77.8 Å². The van der Waals surface area contributed by atoms with E-state index in [0.717, 1.165) is 0 Å². The number of rotatable bonds is 5. The number of carboxylic acids is 1. The minimum absolute atomic E-state index is 0.0229. The summed E-state index contributed by atoms with van der Waals surface area (Å²) in [5.74, 6) is -0.204. The SMILES string of the molecule is COc1cc2c(C=O)c(C(=O)O)n(C(C)C)c2cc1OC. The zero-order valence-corrected chi connectivity index (χ0v) is 12.3. The standard InChI is InChI=1S/C15H17NO5/c1-8(2)16-11-6-13(21-4)12(20-3)5-9(11)10(7-17)14(16)15(18)19/h5-8H,1-4H3,(H,18,19). The van der Waals surface area contributed by atoms with Gasteiger partial charge in [-0.25, -0.2) is 4.79 Å². The fourth-order valence-electron chi connectivity index (χ4n) is 2.53. The van der Waals surface area contributed by atoms with Crippen LogP contribution in [-0.2, 0) is 0 Å². The number of hydrogen-bond acceptors (Lipinski definition) is 4. The van der Waals surface area contributed by atoms with Gasteiger partial charge in [0.05, 0.1) is 25.3 Å². The lowest BCUT2D eigenvalue weighted by Gasteiger charge is -2.13. The van der Waals surface area contributed by atoms with E-state index in [4.69, 9.17) is 9.47 Å². The van der Waals surface area contributed by atoms with E-state index in [1.165, 1.54) is 14.2 Å². The number of methoxy groups -OCH3 is 2. The molecule has 21 heavy (non-hydrogen) atoms. The average Bonchev–Trinajstić information content (AvgIpc) is 2.78. The predicted molar refractivity (Wildman–Crippen MR) is 77.8 cm³/mol. The Morgan fingerprint density at radius 3 is 2.24 bits per heavy atom. The summed E-state index contributed by atoms with van der Waals surface area (Å²) in [4.78, 5) is 22.9. The summed E-state index contributed by atoms with van der Waals surface area (Å²) >= 11 is 0. The molecule has 0 fully saturated rings. The molecular formula is C15H17NO5. The Morgan fingerprint density at radius 1 is 1.24 bits per heavy atom. The fourth-order valence-corrected chi connectivity index (χ4v) is 2.53. The Labute approximate surface area is 121 Å². The van der Waals surface area contributed by atoms with E-state index in [-0.39, 0.29) is 17.3 Å². The molecule has 2 aromatic rings. The average molecular weight is 291 g/mol. The predicted octanol–water partition coefficient (Wildman–Crippen LogP) is 2.75. The highest BCUT2D eigenvalue weighted by molar-refractivity contribution is 6.09. The molecule has 0 saturated carbocycles. The summed E-state index contributed by atoms with van der Waals surface area (Å²) < 4.78 is 12.1. The Bertz CT molecular complexity index is 715. The lowest BCUT2D eigenvalue weighted by Crippen LogP contribution is -2.12. The number of carbonyl (C=O) groups excluding carboxylic acids is 1. The molecule has 6 nitrogen and oxygen atoms in total. The molecule has 112 valence electrons. The normalized spacial score (nSPS) is 10.9. The molecule has 0 aliphatic heterocycles. The van der Waals surface area contributed by atoms with Crippen LogP contribution in [-0.4, -0.2) is 36.1 Å². The van der Waals surface area contributed by atoms with E-state index in [1.807, 2.05) is 13.8 Å². The summed E-state index contributed by atoms with van der Waals surface area (Å²) in [6.45, 7) is 3.72. The van der Waals surface area contributed by atoms with Crippen LogP contribution < -0.4 is 9.47 Å². The summed E-state index contributed by atoms with van der Waals surface area (Å²) in [6, 6.07) is 3.20. The van der Waals surface area contributed by atoms with Crippen molar-refractivity contribution in [1.82, 2.24) is 4.57 Å². The van der Waals surface area contributed by atoms with Gasteiger partial charge in [0.25, 0.3) is 0 Å². The van der Waals surface area contributed by atoms with Crippen molar-refractivity contribution in [3.05, 3.63) is 23.4 Å². The molecule has 1 aromatic heterocycles. The highest BCUT2D eigenvalue weighted by atomic mass is 16.5. The molecule has 0 saturated heterocycles. The van der Waals surface area contributed by atoms with E-state index in [9.17, 15) is 14.7 Å². The van der Waals surface area contributed by atoms with Crippen LogP contribution in [0.25, 0.3) is 10.9 Å². The largest absolute Gasteiger partial charge is 0.493 e. The first-order valence-corrected chi connectivity index (χ1v) is 6.44. The van der Waals surface area contributed by atoms with Crippen molar-refractivity contribution in [3.8, 4) is 11.5 Å². The third-order valence-electron chi connectivity index (χ3n) is 3.38. The maximum atomic E-state index is 11.5. The van der Waals surface area contributed by atoms with Gasteiger partial charge in [0.1, 0.15) is 5.69 Å². The Kier molecular flexibility index (Phi) is 3.88. The quantitative estimate of drug-likeness (QED) is 0.857. The number of aldehydes is 1. The Balaban J connectivity index is 2.99. The molecule has 0 aliphatic carbocycles. The molecule has 1 aromatic carbocycles. The minimum Gasteiger partial charge on any atom is -0.493 e. The van der Waals surface area contributed by atoms with E-state index in [2.05, 4.69) is 0 Å². The molecule has 0 atom stereocenters. The van der Waals surface area contributed by atoms with Gasteiger partial charge in [0.15, 0.2) is 17.8 Å².